The molecular weight excluding hydrogens is 327 g/mol. The van der Waals surface area contributed by atoms with Gasteiger partial charge >= 0.3 is 0 Å². The van der Waals surface area contributed by atoms with Gasteiger partial charge in [0.15, 0.2) is 5.78 Å². The number of benzene rings is 3. The molecule has 128 valence electrons. The Labute approximate surface area is 152 Å². The van der Waals surface area contributed by atoms with Gasteiger partial charge in [0, 0.05) is 5.56 Å². The number of hydrogen-bond acceptors (Lipinski definition) is 2. The van der Waals surface area contributed by atoms with Crippen molar-refractivity contribution in [2.75, 3.05) is 0 Å². The highest BCUT2D eigenvalue weighted by atomic mass is 31.0. The van der Waals surface area contributed by atoms with Crippen LogP contribution in [0.3, 0.4) is 0 Å². The number of ketones is 1. The summed E-state index contributed by atoms with van der Waals surface area (Å²) in [6.07, 6.45) is 0. The van der Waals surface area contributed by atoms with Gasteiger partial charge in [-0.3, -0.25) is 4.79 Å². The van der Waals surface area contributed by atoms with Gasteiger partial charge in [-0.25, -0.2) is 0 Å². The van der Waals surface area contributed by atoms with E-state index in [-0.39, 0.29) is 15.7 Å². The highest BCUT2D eigenvalue weighted by Crippen LogP contribution is 2.33. The van der Waals surface area contributed by atoms with Crippen molar-refractivity contribution in [2.24, 2.45) is 0 Å². The number of rotatable bonds is 4. The third-order valence-electron chi connectivity index (χ3n) is 4.36. The highest BCUT2D eigenvalue weighted by Gasteiger charge is 2.20. The minimum atomic E-state index is -0.0119. The molecule has 0 amide bonds. The molecule has 0 saturated heterocycles. The van der Waals surface area contributed by atoms with Crippen molar-refractivity contribution in [1.82, 2.24) is 0 Å². The Kier molecular flexibility index (Phi) is 6.12. The maximum atomic E-state index is 13.1. The Balaban J connectivity index is 0.00000225. The molecule has 1 unspecified atom stereocenters. The van der Waals surface area contributed by atoms with Crippen molar-refractivity contribution in [3.05, 3.63) is 94.5 Å². The SMILES string of the molecule is Cc1cc(Oc2ccccc2)c(C(=O)c2ccccc2)c(C)c1C.P. The summed E-state index contributed by atoms with van der Waals surface area (Å²) in [6.45, 7) is 6.06. The summed E-state index contributed by atoms with van der Waals surface area (Å²) in [5.74, 6) is 1.32. The molecule has 0 aromatic heterocycles. The molecule has 0 aliphatic carbocycles. The first-order valence-electron chi connectivity index (χ1n) is 8.01. The first-order valence-corrected chi connectivity index (χ1v) is 8.01. The van der Waals surface area contributed by atoms with Gasteiger partial charge in [0.25, 0.3) is 0 Å². The van der Waals surface area contributed by atoms with E-state index in [4.69, 9.17) is 4.74 Å². The fourth-order valence-corrected chi connectivity index (χ4v) is 2.76. The zero-order chi connectivity index (χ0) is 17.1. The maximum Gasteiger partial charge on any atom is 0.197 e. The Morgan fingerprint density at radius 1 is 0.800 bits per heavy atom. The predicted molar refractivity (Wildman–Crippen MR) is 108 cm³/mol. The zero-order valence-electron chi connectivity index (χ0n) is 14.9. The van der Waals surface area contributed by atoms with Crippen molar-refractivity contribution in [2.45, 2.75) is 20.8 Å². The van der Waals surface area contributed by atoms with E-state index < -0.39 is 0 Å². The highest BCUT2D eigenvalue weighted by molar-refractivity contribution is 6.92. The lowest BCUT2D eigenvalue weighted by Crippen LogP contribution is -2.08. The lowest BCUT2D eigenvalue weighted by Gasteiger charge is -2.17. The van der Waals surface area contributed by atoms with Crippen molar-refractivity contribution in [3.8, 4) is 11.5 Å². The zero-order valence-corrected chi connectivity index (χ0v) is 16.3. The molecule has 3 aromatic rings. The molecule has 0 fully saturated rings. The standard InChI is InChI=1S/C22H20O2.H3P/c1-15-14-20(24-19-12-8-5-9-13-19)21(17(3)16(15)2)22(23)18-10-6-4-7-11-18;/h4-14H,1-3H3;1H3. The normalized spacial score (nSPS) is 10.0. The van der Waals surface area contributed by atoms with E-state index in [9.17, 15) is 4.79 Å². The van der Waals surface area contributed by atoms with E-state index in [0.29, 0.717) is 16.9 Å². The number of ether oxygens (including phenoxy) is 1. The fourth-order valence-electron chi connectivity index (χ4n) is 2.76. The average Bonchev–Trinajstić information content (AvgIpc) is 2.61. The third-order valence-corrected chi connectivity index (χ3v) is 4.36. The molecule has 0 radical (unpaired) electrons. The molecule has 1 atom stereocenters. The molecule has 0 heterocycles. The molecule has 0 aliphatic rings. The van der Waals surface area contributed by atoms with E-state index >= 15 is 0 Å². The van der Waals surface area contributed by atoms with Crippen LogP contribution in [0.25, 0.3) is 0 Å². The summed E-state index contributed by atoms with van der Waals surface area (Å²) in [5.41, 5.74) is 4.50. The number of carbonyl (C=O) groups is 1. The van der Waals surface area contributed by atoms with Gasteiger partial charge in [-0.1, -0.05) is 48.5 Å². The molecular formula is C22H23O2P. The number of hydrogen-bond donors (Lipinski definition) is 0. The Hall–Kier alpha value is -2.44. The summed E-state index contributed by atoms with van der Waals surface area (Å²) in [6, 6.07) is 20.8. The molecule has 0 bridgehead atoms. The van der Waals surface area contributed by atoms with Crippen LogP contribution >= 0.6 is 9.90 Å². The lowest BCUT2D eigenvalue weighted by molar-refractivity contribution is 0.103. The number of carbonyl (C=O) groups excluding carboxylic acids is 1. The smallest absolute Gasteiger partial charge is 0.197 e. The molecule has 0 N–H and O–H groups in total. The first kappa shape index (κ1) is 18.9. The molecule has 0 spiro atoms. The van der Waals surface area contributed by atoms with Crippen molar-refractivity contribution in [1.29, 1.82) is 0 Å². The number of aryl methyl sites for hydroxylation is 1. The van der Waals surface area contributed by atoms with Crippen molar-refractivity contribution >= 4 is 15.7 Å². The maximum absolute atomic E-state index is 13.1. The minimum Gasteiger partial charge on any atom is -0.457 e. The number of para-hydroxylation sites is 1. The van der Waals surface area contributed by atoms with Crippen LogP contribution < -0.4 is 4.74 Å². The average molecular weight is 350 g/mol. The summed E-state index contributed by atoms with van der Waals surface area (Å²) < 4.78 is 6.05. The topological polar surface area (TPSA) is 26.3 Å². The van der Waals surface area contributed by atoms with Gasteiger partial charge in [0.1, 0.15) is 11.5 Å². The molecule has 25 heavy (non-hydrogen) atoms. The van der Waals surface area contributed by atoms with Crippen LogP contribution in [0, 0.1) is 20.8 Å². The van der Waals surface area contributed by atoms with Gasteiger partial charge in [-0.2, -0.15) is 9.90 Å². The summed E-state index contributed by atoms with van der Waals surface area (Å²) in [4.78, 5) is 13.1. The van der Waals surface area contributed by atoms with E-state index in [2.05, 4.69) is 0 Å². The summed E-state index contributed by atoms with van der Waals surface area (Å²) in [5, 5.41) is 0. The van der Waals surface area contributed by atoms with Gasteiger partial charge in [0.2, 0.25) is 0 Å². The van der Waals surface area contributed by atoms with Crippen LogP contribution in [-0.4, -0.2) is 5.78 Å². The van der Waals surface area contributed by atoms with Crippen LogP contribution in [0.5, 0.6) is 11.5 Å². The van der Waals surface area contributed by atoms with Crippen molar-refractivity contribution in [3.63, 3.8) is 0 Å². The first-order chi connectivity index (χ1) is 11.6. The van der Waals surface area contributed by atoms with E-state index in [0.717, 1.165) is 22.4 Å². The Bertz CT molecular complexity index is 872. The molecule has 3 heteroatoms. The van der Waals surface area contributed by atoms with Crippen LogP contribution in [0.15, 0.2) is 66.7 Å². The van der Waals surface area contributed by atoms with Gasteiger partial charge in [-0.05, 0) is 55.7 Å². The van der Waals surface area contributed by atoms with E-state index in [1.807, 2.05) is 87.5 Å². The van der Waals surface area contributed by atoms with Crippen molar-refractivity contribution < 1.29 is 9.53 Å². The summed E-state index contributed by atoms with van der Waals surface area (Å²) >= 11 is 0. The molecule has 0 saturated carbocycles. The van der Waals surface area contributed by atoms with E-state index in [1.54, 1.807) is 0 Å². The Morgan fingerprint density at radius 2 is 1.36 bits per heavy atom. The second-order valence-electron chi connectivity index (χ2n) is 5.93. The minimum absolute atomic E-state index is 0. The van der Waals surface area contributed by atoms with Crippen LogP contribution in [-0.2, 0) is 0 Å². The second kappa shape index (κ2) is 8.09. The van der Waals surface area contributed by atoms with Crippen LogP contribution in [0.4, 0.5) is 0 Å². The predicted octanol–water partition coefficient (Wildman–Crippen LogP) is 5.69. The third kappa shape index (κ3) is 3.97. The lowest BCUT2D eigenvalue weighted by atomic mass is 9.92. The van der Waals surface area contributed by atoms with Gasteiger partial charge < -0.3 is 4.74 Å². The quantitative estimate of drug-likeness (QED) is 0.446. The van der Waals surface area contributed by atoms with Crippen LogP contribution in [0.2, 0.25) is 0 Å². The monoisotopic (exact) mass is 350 g/mol. The molecule has 2 nitrogen and oxygen atoms in total. The van der Waals surface area contributed by atoms with Gasteiger partial charge in [0.05, 0.1) is 5.56 Å². The van der Waals surface area contributed by atoms with E-state index in [1.165, 1.54) is 0 Å². The largest absolute Gasteiger partial charge is 0.457 e. The molecule has 0 aliphatic heterocycles. The molecule has 3 rings (SSSR count). The van der Waals surface area contributed by atoms with Gasteiger partial charge in [-0.15, -0.1) is 0 Å². The summed E-state index contributed by atoms with van der Waals surface area (Å²) in [7, 11) is 0. The second-order valence-corrected chi connectivity index (χ2v) is 5.93. The molecule has 3 aromatic carbocycles. The van der Waals surface area contributed by atoms with Crippen LogP contribution in [0.1, 0.15) is 32.6 Å². The Morgan fingerprint density at radius 3 is 1.96 bits per heavy atom. The fraction of sp³-hybridized carbons (Fsp3) is 0.136.